The van der Waals surface area contributed by atoms with Crippen molar-refractivity contribution < 1.29 is 14.6 Å². The Labute approximate surface area is 54.6 Å². The smallest absolute Gasteiger partial charge is 0.157 e. The molecule has 0 aliphatic carbocycles. The van der Waals surface area contributed by atoms with Crippen LogP contribution in [-0.2, 0) is 9.47 Å². The van der Waals surface area contributed by atoms with Crippen molar-refractivity contribution >= 4 is 0 Å². The normalized spacial score (nSPS) is 36.7. The van der Waals surface area contributed by atoms with Crippen LogP contribution in [0.15, 0.2) is 0 Å². The number of aliphatic hydroxyl groups excluding tert-OH is 1. The SMILES string of the molecule is CO[C@H]1CC[C@H](O)CO1. The number of methoxy groups -OCH3 is 1. The largest absolute Gasteiger partial charge is 0.391 e. The molecule has 9 heavy (non-hydrogen) atoms. The molecule has 1 heterocycles. The van der Waals surface area contributed by atoms with E-state index in [1.807, 2.05) is 0 Å². The topological polar surface area (TPSA) is 38.7 Å². The van der Waals surface area contributed by atoms with Gasteiger partial charge in [-0.3, -0.25) is 0 Å². The van der Waals surface area contributed by atoms with Gasteiger partial charge in [0.15, 0.2) is 6.29 Å². The van der Waals surface area contributed by atoms with E-state index in [-0.39, 0.29) is 12.4 Å². The fourth-order valence-corrected chi connectivity index (χ4v) is 0.899. The molecule has 1 aliphatic heterocycles. The summed E-state index contributed by atoms with van der Waals surface area (Å²) in [7, 11) is 1.61. The minimum absolute atomic E-state index is 0.0894. The van der Waals surface area contributed by atoms with Crippen LogP contribution < -0.4 is 0 Å². The molecule has 1 saturated heterocycles. The third kappa shape index (κ3) is 1.93. The highest BCUT2D eigenvalue weighted by atomic mass is 16.7. The second kappa shape index (κ2) is 3.15. The van der Waals surface area contributed by atoms with Crippen LogP contribution in [0.25, 0.3) is 0 Å². The third-order valence-corrected chi connectivity index (χ3v) is 1.47. The number of aliphatic hydroxyl groups is 1. The van der Waals surface area contributed by atoms with E-state index in [0.717, 1.165) is 12.8 Å². The molecule has 0 aromatic rings. The summed E-state index contributed by atoms with van der Waals surface area (Å²) in [6.07, 6.45) is 1.22. The maximum absolute atomic E-state index is 8.94. The summed E-state index contributed by atoms with van der Waals surface area (Å²) < 4.78 is 9.97. The number of rotatable bonds is 1. The summed E-state index contributed by atoms with van der Waals surface area (Å²) >= 11 is 0. The van der Waals surface area contributed by atoms with Crippen molar-refractivity contribution in [2.45, 2.75) is 25.2 Å². The van der Waals surface area contributed by atoms with Gasteiger partial charge in [0.2, 0.25) is 0 Å². The van der Waals surface area contributed by atoms with Gasteiger partial charge in [-0.1, -0.05) is 0 Å². The molecule has 0 aromatic carbocycles. The zero-order valence-electron chi connectivity index (χ0n) is 5.54. The first-order valence-corrected chi connectivity index (χ1v) is 3.15. The molecule has 1 fully saturated rings. The van der Waals surface area contributed by atoms with Crippen molar-refractivity contribution in [3.8, 4) is 0 Å². The molecule has 3 nitrogen and oxygen atoms in total. The lowest BCUT2D eigenvalue weighted by molar-refractivity contribution is -0.172. The Morgan fingerprint density at radius 1 is 1.56 bits per heavy atom. The van der Waals surface area contributed by atoms with Gasteiger partial charge in [-0.05, 0) is 6.42 Å². The zero-order chi connectivity index (χ0) is 6.69. The van der Waals surface area contributed by atoms with Crippen LogP contribution >= 0.6 is 0 Å². The number of hydrogen-bond donors (Lipinski definition) is 1. The van der Waals surface area contributed by atoms with E-state index in [1.165, 1.54) is 0 Å². The molecule has 0 spiro atoms. The summed E-state index contributed by atoms with van der Waals surface area (Å²) in [5.41, 5.74) is 0. The average Bonchev–Trinajstić information content (AvgIpc) is 1.90. The van der Waals surface area contributed by atoms with Crippen molar-refractivity contribution in [2.75, 3.05) is 13.7 Å². The minimum Gasteiger partial charge on any atom is -0.391 e. The standard InChI is InChI=1S/C6H12O3/c1-8-6-3-2-5(7)4-9-6/h5-7H,2-4H2,1H3/t5-,6+/m0/s1. The maximum atomic E-state index is 8.94. The van der Waals surface area contributed by atoms with Crippen molar-refractivity contribution in [3.05, 3.63) is 0 Å². The Hall–Kier alpha value is -0.120. The van der Waals surface area contributed by atoms with Crippen LogP contribution in [-0.4, -0.2) is 31.2 Å². The molecular formula is C6H12O3. The first kappa shape index (κ1) is 6.99. The average molecular weight is 132 g/mol. The number of ether oxygens (including phenoxy) is 2. The first-order valence-electron chi connectivity index (χ1n) is 3.15. The molecule has 2 atom stereocenters. The monoisotopic (exact) mass is 132 g/mol. The van der Waals surface area contributed by atoms with Gasteiger partial charge in [0.05, 0.1) is 12.7 Å². The molecular weight excluding hydrogens is 120 g/mol. The lowest BCUT2D eigenvalue weighted by Gasteiger charge is -2.24. The van der Waals surface area contributed by atoms with E-state index in [1.54, 1.807) is 7.11 Å². The van der Waals surface area contributed by atoms with Crippen LogP contribution in [0.3, 0.4) is 0 Å². The van der Waals surface area contributed by atoms with E-state index in [2.05, 4.69) is 0 Å². The van der Waals surface area contributed by atoms with Gasteiger partial charge in [-0.2, -0.15) is 0 Å². The predicted molar refractivity (Wildman–Crippen MR) is 32.0 cm³/mol. The van der Waals surface area contributed by atoms with Gasteiger partial charge in [0.25, 0.3) is 0 Å². The fourth-order valence-electron chi connectivity index (χ4n) is 0.899. The van der Waals surface area contributed by atoms with Crippen LogP contribution in [0.2, 0.25) is 0 Å². The van der Waals surface area contributed by atoms with Gasteiger partial charge >= 0.3 is 0 Å². The molecule has 3 heteroatoms. The second-order valence-corrected chi connectivity index (χ2v) is 2.23. The molecule has 54 valence electrons. The molecule has 0 saturated carbocycles. The van der Waals surface area contributed by atoms with Crippen molar-refractivity contribution in [3.63, 3.8) is 0 Å². The summed E-state index contributed by atoms with van der Waals surface area (Å²) in [4.78, 5) is 0. The van der Waals surface area contributed by atoms with Crippen LogP contribution in [0.4, 0.5) is 0 Å². The Morgan fingerprint density at radius 3 is 2.78 bits per heavy atom. The lowest BCUT2D eigenvalue weighted by Crippen LogP contribution is -2.30. The molecule has 0 amide bonds. The lowest BCUT2D eigenvalue weighted by atomic mass is 10.1. The quantitative estimate of drug-likeness (QED) is 0.551. The molecule has 0 aromatic heterocycles. The zero-order valence-corrected chi connectivity index (χ0v) is 5.54. The van der Waals surface area contributed by atoms with Crippen LogP contribution in [0.1, 0.15) is 12.8 Å². The number of hydrogen-bond acceptors (Lipinski definition) is 3. The Kier molecular flexibility index (Phi) is 2.45. The fraction of sp³-hybridized carbons (Fsp3) is 1.00. The van der Waals surface area contributed by atoms with E-state index >= 15 is 0 Å². The molecule has 1 N–H and O–H groups in total. The van der Waals surface area contributed by atoms with Gasteiger partial charge < -0.3 is 14.6 Å². The summed E-state index contributed by atoms with van der Waals surface area (Å²) in [5.74, 6) is 0. The van der Waals surface area contributed by atoms with E-state index in [4.69, 9.17) is 14.6 Å². The van der Waals surface area contributed by atoms with Crippen molar-refractivity contribution in [2.24, 2.45) is 0 Å². The van der Waals surface area contributed by atoms with Crippen LogP contribution in [0, 0.1) is 0 Å². The summed E-state index contributed by atoms with van der Waals surface area (Å²) in [6.45, 7) is 0.415. The summed E-state index contributed by atoms with van der Waals surface area (Å²) in [5, 5.41) is 8.94. The van der Waals surface area contributed by atoms with E-state index < -0.39 is 0 Å². The molecule has 0 bridgehead atoms. The predicted octanol–water partition coefficient (Wildman–Crippen LogP) is 0.130. The first-order chi connectivity index (χ1) is 4.33. The highest BCUT2D eigenvalue weighted by molar-refractivity contribution is 4.62. The van der Waals surface area contributed by atoms with Gasteiger partial charge in [-0.15, -0.1) is 0 Å². The Balaban J connectivity index is 2.18. The minimum atomic E-state index is -0.281. The molecule has 0 radical (unpaired) electrons. The highest BCUT2D eigenvalue weighted by Gasteiger charge is 2.18. The Morgan fingerprint density at radius 2 is 2.33 bits per heavy atom. The second-order valence-electron chi connectivity index (χ2n) is 2.23. The van der Waals surface area contributed by atoms with Crippen LogP contribution in [0.5, 0.6) is 0 Å². The van der Waals surface area contributed by atoms with E-state index in [9.17, 15) is 0 Å². The molecule has 1 rings (SSSR count). The Bertz CT molecular complexity index is 76.4. The van der Waals surface area contributed by atoms with Crippen molar-refractivity contribution in [1.82, 2.24) is 0 Å². The van der Waals surface area contributed by atoms with Gasteiger partial charge in [0.1, 0.15) is 0 Å². The third-order valence-electron chi connectivity index (χ3n) is 1.47. The maximum Gasteiger partial charge on any atom is 0.157 e. The van der Waals surface area contributed by atoms with Crippen molar-refractivity contribution in [1.29, 1.82) is 0 Å². The molecule has 0 unspecified atom stereocenters. The highest BCUT2D eigenvalue weighted by Crippen LogP contribution is 2.12. The van der Waals surface area contributed by atoms with Gasteiger partial charge in [0, 0.05) is 13.5 Å². The molecule has 1 aliphatic rings. The summed E-state index contributed by atoms with van der Waals surface area (Å²) in [6, 6.07) is 0. The van der Waals surface area contributed by atoms with Gasteiger partial charge in [-0.25, -0.2) is 0 Å². The van der Waals surface area contributed by atoms with E-state index in [0.29, 0.717) is 6.61 Å².